The topological polar surface area (TPSA) is 102 Å². The van der Waals surface area contributed by atoms with Crippen molar-refractivity contribution in [2.45, 2.75) is 18.4 Å². The van der Waals surface area contributed by atoms with Gasteiger partial charge in [-0.15, -0.1) is 0 Å². The number of carbonyl (C=O) groups is 2. The number of rotatable bonds is 4. The van der Waals surface area contributed by atoms with Gasteiger partial charge < -0.3 is 14.2 Å². The highest BCUT2D eigenvalue weighted by atomic mass is 32.2. The van der Waals surface area contributed by atoms with Crippen molar-refractivity contribution in [3.05, 3.63) is 47.4 Å². The van der Waals surface area contributed by atoms with Gasteiger partial charge in [0.05, 0.1) is 12.7 Å². The number of hydrogen-bond donors (Lipinski definition) is 0. The molecule has 2 aromatic rings. The summed E-state index contributed by atoms with van der Waals surface area (Å²) >= 11 is 0. The van der Waals surface area contributed by atoms with E-state index in [9.17, 15) is 18.0 Å². The highest BCUT2D eigenvalue weighted by molar-refractivity contribution is 7.89. The number of methoxy groups -OCH3 is 1. The molecule has 9 nitrogen and oxygen atoms in total. The fourth-order valence-corrected chi connectivity index (χ4v) is 4.66. The Labute approximate surface area is 169 Å². The van der Waals surface area contributed by atoms with E-state index in [-0.39, 0.29) is 24.0 Å². The van der Waals surface area contributed by atoms with E-state index in [0.717, 1.165) is 0 Å². The molecular weight excluding hydrogens is 396 g/mol. The minimum Gasteiger partial charge on any atom is -0.465 e. The normalized spacial score (nSPS) is 15.8. The summed E-state index contributed by atoms with van der Waals surface area (Å²) in [6.07, 6.45) is 2.03. The first-order chi connectivity index (χ1) is 13.7. The lowest BCUT2D eigenvalue weighted by atomic mass is 10.1. The summed E-state index contributed by atoms with van der Waals surface area (Å²) in [6.45, 7) is 2.99. The van der Waals surface area contributed by atoms with E-state index in [0.29, 0.717) is 36.5 Å². The lowest BCUT2D eigenvalue weighted by molar-refractivity contribution is 0.0599. The first kappa shape index (κ1) is 21.0. The molecule has 0 radical (unpaired) electrons. The Kier molecular flexibility index (Phi) is 6.04. The number of esters is 1. The number of sulfonamides is 1. The summed E-state index contributed by atoms with van der Waals surface area (Å²) in [5.41, 5.74) is 0.803. The van der Waals surface area contributed by atoms with Crippen LogP contribution in [0, 0.1) is 6.92 Å². The Morgan fingerprint density at radius 3 is 2.28 bits per heavy atom. The van der Waals surface area contributed by atoms with Crippen molar-refractivity contribution in [1.29, 1.82) is 0 Å². The van der Waals surface area contributed by atoms with E-state index >= 15 is 0 Å². The summed E-state index contributed by atoms with van der Waals surface area (Å²) in [4.78, 5) is 30.1. The molecule has 0 N–H and O–H groups in total. The van der Waals surface area contributed by atoms with Gasteiger partial charge in [-0.25, -0.2) is 18.2 Å². The third kappa shape index (κ3) is 4.33. The summed E-state index contributed by atoms with van der Waals surface area (Å²) in [5, 5.41) is 0.0238. The van der Waals surface area contributed by atoms with Crippen LogP contribution in [0.15, 0.2) is 35.5 Å². The molecule has 10 heteroatoms. The van der Waals surface area contributed by atoms with Gasteiger partial charge in [-0.05, 0) is 37.6 Å². The fourth-order valence-electron chi connectivity index (χ4n) is 3.17. The molecular formula is C19H24N4O5S. The maximum Gasteiger partial charge on any atom is 0.337 e. The van der Waals surface area contributed by atoms with E-state index in [1.54, 1.807) is 35.6 Å². The lowest BCUT2D eigenvalue weighted by Crippen LogP contribution is -2.37. The largest absolute Gasteiger partial charge is 0.465 e. The van der Waals surface area contributed by atoms with Gasteiger partial charge >= 0.3 is 5.97 Å². The molecule has 1 aliphatic rings. The monoisotopic (exact) mass is 420 g/mol. The SMILES string of the molecule is COC(=O)c1ccc(C(=O)N2CCCN(S(=O)(=O)c3cn(C)c(C)n3)CC2)cc1. The second-order valence-corrected chi connectivity index (χ2v) is 8.74. The fraction of sp³-hybridized carbons (Fsp3) is 0.421. The molecule has 2 heterocycles. The second-order valence-electron chi connectivity index (χ2n) is 6.86. The standard InChI is InChI=1S/C19H24N4O5S/c1-14-20-17(13-21(14)2)29(26,27)23-10-4-9-22(11-12-23)18(24)15-5-7-16(8-6-15)19(25)28-3/h5-8,13H,4,9-12H2,1-3H3. The van der Waals surface area contributed by atoms with E-state index in [2.05, 4.69) is 9.72 Å². The molecule has 1 aliphatic heterocycles. The van der Waals surface area contributed by atoms with Crippen molar-refractivity contribution in [3.63, 3.8) is 0 Å². The molecule has 0 unspecified atom stereocenters. The molecule has 3 rings (SSSR count). The third-order valence-corrected chi connectivity index (χ3v) is 6.76. The maximum atomic E-state index is 12.9. The van der Waals surface area contributed by atoms with Crippen LogP contribution >= 0.6 is 0 Å². The van der Waals surface area contributed by atoms with Crippen LogP contribution in [0.5, 0.6) is 0 Å². The summed E-state index contributed by atoms with van der Waals surface area (Å²) < 4.78 is 33.5. The number of carbonyl (C=O) groups excluding carboxylic acids is 2. The number of ether oxygens (including phenoxy) is 1. The molecule has 0 atom stereocenters. The second kappa shape index (κ2) is 8.34. The molecule has 1 aromatic heterocycles. The van der Waals surface area contributed by atoms with Crippen LogP contribution in [0.25, 0.3) is 0 Å². The van der Waals surface area contributed by atoms with Gasteiger partial charge in [-0.2, -0.15) is 4.31 Å². The van der Waals surface area contributed by atoms with E-state index in [1.165, 1.54) is 29.7 Å². The molecule has 29 heavy (non-hydrogen) atoms. The zero-order valence-corrected chi connectivity index (χ0v) is 17.5. The van der Waals surface area contributed by atoms with Crippen LogP contribution in [0.4, 0.5) is 0 Å². The van der Waals surface area contributed by atoms with Crippen molar-refractivity contribution in [2.75, 3.05) is 33.3 Å². The van der Waals surface area contributed by atoms with Crippen LogP contribution in [0.1, 0.15) is 33.0 Å². The number of aromatic nitrogens is 2. The molecule has 0 aliphatic carbocycles. The Bertz CT molecular complexity index is 994. The predicted molar refractivity (Wildman–Crippen MR) is 105 cm³/mol. The molecule has 156 valence electrons. The molecule has 1 fully saturated rings. The van der Waals surface area contributed by atoms with Crippen LogP contribution in [-0.2, 0) is 21.8 Å². The molecule has 0 saturated carbocycles. The van der Waals surface area contributed by atoms with Crippen LogP contribution in [-0.4, -0.2) is 72.3 Å². The van der Waals surface area contributed by atoms with Gasteiger partial charge in [0.1, 0.15) is 5.82 Å². The molecule has 1 saturated heterocycles. The average molecular weight is 420 g/mol. The number of benzene rings is 1. The smallest absolute Gasteiger partial charge is 0.337 e. The Morgan fingerprint density at radius 1 is 1.03 bits per heavy atom. The van der Waals surface area contributed by atoms with Crippen molar-refractivity contribution >= 4 is 21.9 Å². The van der Waals surface area contributed by atoms with Crippen molar-refractivity contribution in [1.82, 2.24) is 18.8 Å². The predicted octanol–water partition coefficient (Wildman–Crippen LogP) is 1.05. The maximum absolute atomic E-state index is 12.9. The molecule has 1 aromatic carbocycles. The van der Waals surface area contributed by atoms with E-state index in [4.69, 9.17) is 0 Å². The van der Waals surface area contributed by atoms with Gasteiger partial charge in [-0.3, -0.25) is 4.79 Å². The van der Waals surface area contributed by atoms with Gasteiger partial charge in [-0.1, -0.05) is 0 Å². The average Bonchev–Trinajstić information content (AvgIpc) is 2.92. The zero-order chi connectivity index (χ0) is 21.2. The number of aryl methyl sites for hydroxylation is 2. The van der Waals surface area contributed by atoms with Gasteiger partial charge in [0.2, 0.25) is 0 Å². The number of amides is 1. The first-order valence-electron chi connectivity index (χ1n) is 9.22. The highest BCUT2D eigenvalue weighted by Gasteiger charge is 2.30. The Hall–Kier alpha value is -2.72. The van der Waals surface area contributed by atoms with E-state index in [1.807, 2.05) is 0 Å². The summed E-state index contributed by atoms with van der Waals surface area (Å²) in [7, 11) is -0.665. The summed E-state index contributed by atoms with van der Waals surface area (Å²) in [6, 6.07) is 6.23. The highest BCUT2D eigenvalue weighted by Crippen LogP contribution is 2.18. The summed E-state index contributed by atoms with van der Waals surface area (Å²) in [5.74, 6) is -0.0516. The van der Waals surface area contributed by atoms with Crippen LogP contribution in [0.2, 0.25) is 0 Å². The molecule has 1 amide bonds. The minimum atomic E-state index is -3.71. The zero-order valence-electron chi connectivity index (χ0n) is 16.7. The van der Waals surface area contributed by atoms with Crippen LogP contribution in [0.3, 0.4) is 0 Å². The number of hydrogen-bond acceptors (Lipinski definition) is 6. The number of nitrogens with zero attached hydrogens (tertiary/aromatic N) is 4. The van der Waals surface area contributed by atoms with Gasteiger partial charge in [0, 0.05) is 45.0 Å². The Balaban J connectivity index is 1.70. The van der Waals surface area contributed by atoms with E-state index < -0.39 is 16.0 Å². The lowest BCUT2D eigenvalue weighted by Gasteiger charge is -2.21. The van der Waals surface area contributed by atoms with Gasteiger partial charge in [0.25, 0.3) is 15.9 Å². The molecule has 0 spiro atoms. The molecule has 0 bridgehead atoms. The van der Waals surface area contributed by atoms with Crippen molar-refractivity contribution in [2.24, 2.45) is 7.05 Å². The first-order valence-corrected chi connectivity index (χ1v) is 10.7. The van der Waals surface area contributed by atoms with Crippen molar-refractivity contribution < 1.29 is 22.7 Å². The van der Waals surface area contributed by atoms with Crippen molar-refractivity contribution in [3.8, 4) is 0 Å². The minimum absolute atomic E-state index is 0.0238. The number of imidazole rings is 1. The van der Waals surface area contributed by atoms with Crippen LogP contribution < -0.4 is 0 Å². The Morgan fingerprint density at radius 2 is 1.69 bits per heavy atom. The van der Waals surface area contributed by atoms with Gasteiger partial charge in [0.15, 0.2) is 5.03 Å². The quantitative estimate of drug-likeness (QED) is 0.685. The third-order valence-electron chi connectivity index (χ3n) is 4.99.